The molecule has 0 fully saturated rings. The summed E-state index contributed by atoms with van der Waals surface area (Å²) in [4.78, 5) is 38.4. The first-order valence-corrected chi connectivity index (χ1v) is 9.39. The van der Waals surface area contributed by atoms with Crippen LogP contribution >= 0.6 is 0 Å². The lowest BCUT2D eigenvalue weighted by Gasteiger charge is -2.29. The predicted octanol–water partition coefficient (Wildman–Crippen LogP) is 3.13. The van der Waals surface area contributed by atoms with Gasteiger partial charge in [-0.25, -0.2) is 9.59 Å². The maximum atomic E-state index is 12.6. The fourth-order valence-corrected chi connectivity index (χ4v) is 2.26. The maximum absolute atomic E-state index is 12.6. The van der Waals surface area contributed by atoms with Crippen molar-refractivity contribution in [1.29, 1.82) is 0 Å². The van der Waals surface area contributed by atoms with Gasteiger partial charge in [0.1, 0.15) is 24.3 Å². The van der Waals surface area contributed by atoms with E-state index in [1.807, 2.05) is 44.2 Å². The number of esters is 1. The van der Waals surface area contributed by atoms with E-state index in [1.54, 1.807) is 27.7 Å². The standard InChI is InChI=1S/C21H32N2O5/c1-14(2)17(19(25)27-13-16-11-9-8-10-12-16)22-18(24)15(3)23(7)20(26)28-21(4,5)6/h8-12,14-15,17H,13H2,1-7H3,(H,22,24). The molecular weight excluding hydrogens is 360 g/mol. The molecule has 1 aromatic rings. The summed E-state index contributed by atoms with van der Waals surface area (Å²) < 4.78 is 10.6. The van der Waals surface area contributed by atoms with E-state index in [0.29, 0.717) is 0 Å². The minimum atomic E-state index is -0.814. The SMILES string of the molecule is CC(C)C(NC(=O)C(C)N(C)C(=O)OC(C)(C)C)C(=O)OCc1ccccc1. The second kappa shape index (κ2) is 10.1. The second-order valence-corrected chi connectivity index (χ2v) is 8.09. The minimum Gasteiger partial charge on any atom is -0.459 e. The molecule has 0 bridgehead atoms. The largest absolute Gasteiger partial charge is 0.459 e. The number of amides is 2. The number of benzene rings is 1. The molecule has 2 unspecified atom stereocenters. The number of carbonyl (C=O) groups is 3. The van der Waals surface area contributed by atoms with Crippen LogP contribution in [0.1, 0.15) is 47.1 Å². The van der Waals surface area contributed by atoms with Crippen LogP contribution in [0.25, 0.3) is 0 Å². The van der Waals surface area contributed by atoms with Gasteiger partial charge in [-0.1, -0.05) is 44.2 Å². The van der Waals surface area contributed by atoms with Crippen molar-refractivity contribution in [2.75, 3.05) is 7.05 Å². The summed E-state index contributed by atoms with van der Waals surface area (Å²) in [5, 5.41) is 2.69. The topological polar surface area (TPSA) is 84.9 Å². The van der Waals surface area contributed by atoms with Crippen molar-refractivity contribution in [2.24, 2.45) is 5.92 Å². The summed E-state index contributed by atoms with van der Waals surface area (Å²) in [6.07, 6.45) is -0.608. The molecular formula is C21H32N2O5. The number of nitrogens with one attached hydrogen (secondary N) is 1. The van der Waals surface area contributed by atoms with Crippen LogP contribution < -0.4 is 5.32 Å². The van der Waals surface area contributed by atoms with Crippen LogP contribution in [0.15, 0.2) is 30.3 Å². The lowest BCUT2D eigenvalue weighted by molar-refractivity contribution is -0.150. The zero-order chi connectivity index (χ0) is 21.5. The highest BCUT2D eigenvalue weighted by atomic mass is 16.6. The highest BCUT2D eigenvalue weighted by Crippen LogP contribution is 2.12. The Bertz CT molecular complexity index is 667. The van der Waals surface area contributed by atoms with Crippen LogP contribution in [0, 0.1) is 5.92 Å². The van der Waals surface area contributed by atoms with Crippen molar-refractivity contribution in [3.8, 4) is 0 Å². The molecule has 0 radical (unpaired) electrons. The third kappa shape index (κ3) is 7.58. The van der Waals surface area contributed by atoms with Gasteiger partial charge in [0.25, 0.3) is 0 Å². The van der Waals surface area contributed by atoms with Crippen LogP contribution in [0.4, 0.5) is 4.79 Å². The zero-order valence-electron chi connectivity index (χ0n) is 17.8. The molecule has 28 heavy (non-hydrogen) atoms. The van der Waals surface area contributed by atoms with Gasteiger partial charge < -0.3 is 14.8 Å². The van der Waals surface area contributed by atoms with Gasteiger partial charge in [-0.05, 0) is 39.2 Å². The Balaban J connectivity index is 2.69. The molecule has 0 saturated heterocycles. The van der Waals surface area contributed by atoms with Gasteiger partial charge in [-0.3, -0.25) is 9.69 Å². The molecule has 1 aromatic carbocycles. The van der Waals surface area contributed by atoms with Crippen molar-refractivity contribution < 1.29 is 23.9 Å². The summed E-state index contributed by atoms with van der Waals surface area (Å²) in [5.41, 5.74) is 0.200. The van der Waals surface area contributed by atoms with Crippen LogP contribution in [-0.2, 0) is 25.7 Å². The number of nitrogens with zero attached hydrogens (tertiary/aromatic N) is 1. The van der Waals surface area contributed by atoms with Gasteiger partial charge in [0.05, 0.1) is 0 Å². The number of likely N-dealkylation sites (N-methyl/N-ethyl adjacent to an activating group) is 1. The fourth-order valence-electron chi connectivity index (χ4n) is 2.26. The van der Waals surface area contributed by atoms with Crippen molar-refractivity contribution in [3.05, 3.63) is 35.9 Å². The van der Waals surface area contributed by atoms with Gasteiger partial charge in [-0.2, -0.15) is 0 Å². The summed E-state index contributed by atoms with van der Waals surface area (Å²) in [6, 6.07) is 7.69. The Morgan fingerprint density at radius 2 is 1.64 bits per heavy atom. The molecule has 7 nitrogen and oxygen atoms in total. The molecule has 7 heteroatoms. The number of hydrogen-bond donors (Lipinski definition) is 1. The van der Waals surface area contributed by atoms with E-state index in [9.17, 15) is 14.4 Å². The molecule has 0 aliphatic rings. The molecule has 0 aromatic heterocycles. The Hall–Kier alpha value is -2.57. The average molecular weight is 392 g/mol. The minimum absolute atomic E-state index is 0.131. The van der Waals surface area contributed by atoms with Gasteiger partial charge >= 0.3 is 12.1 Å². The van der Waals surface area contributed by atoms with Gasteiger partial charge in [-0.15, -0.1) is 0 Å². The highest BCUT2D eigenvalue weighted by molar-refractivity contribution is 5.89. The smallest absolute Gasteiger partial charge is 0.410 e. The lowest BCUT2D eigenvalue weighted by Crippen LogP contribution is -2.53. The summed E-state index contributed by atoms with van der Waals surface area (Å²) in [7, 11) is 1.48. The number of carbonyl (C=O) groups excluding carboxylic acids is 3. The number of ether oxygens (including phenoxy) is 2. The molecule has 2 amide bonds. The molecule has 2 atom stereocenters. The molecule has 0 aliphatic carbocycles. The summed E-state index contributed by atoms with van der Waals surface area (Å²) >= 11 is 0. The third-order valence-electron chi connectivity index (χ3n) is 4.08. The lowest BCUT2D eigenvalue weighted by atomic mass is 10.0. The molecule has 156 valence electrons. The van der Waals surface area contributed by atoms with Crippen LogP contribution in [0.3, 0.4) is 0 Å². The van der Waals surface area contributed by atoms with E-state index < -0.39 is 35.7 Å². The first kappa shape index (κ1) is 23.5. The highest BCUT2D eigenvalue weighted by Gasteiger charge is 2.31. The Morgan fingerprint density at radius 3 is 2.14 bits per heavy atom. The van der Waals surface area contributed by atoms with E-state index in [0.717, 1.165) is 5.56 Å². The quantitative estimate of drug-likeness (QED) is 0.721. The molecule has 1 N–H and O–H groups in total. The van der Waals surface area contributed by atoms with E-state index in [-0.39, 0.29) is 12.5 Å². The van der Waals surface area contributed by atoms with E-state index in [2.05, 4.69) is 5.32 Å². The maximum Gasteiger partial charge on any atom is 0.410 e. The monoisotopic (exact) mass is 392 g/mol. The zero-order valence-corrected chi connectivity index (χ0v) is 17.8. The van der Waals surface area contributed by atoms with Gasteiger partial charge in [0, 0.05) is 7.05 Å². The molecule has 0 saturated carbocycles. The van der Waals surface area contributed by atoms with Crippen molar-refractivity contribution in [2.45, 2.75) is 65.8 Å². The van der Waals surface area contributed by atoms with Crippen molar-refractivity contribution in [1.82, 2.24) is 10.2 Å². The molecule has 0 heterocycles. The normalized spacial score (nSPS) is 13.4. The van der Waals surface area contributed by atoms with Crippen LogP contribution in [0.5, 0.6) is 0 Å². The first-order valence-electron chi connectivity index (χ1n) is 9.39. The van der Waals surface area contributed by atoms with Gasteiger partial charge in [0.2, 0.25) is 5.91 Å². The third-order valence-corrected chi connectivity index (χ3v) is 4.08. The Morgan fingerprint density at radius 1 is 1.07 bits per heavy atom. The van der Waals surface area contributed by atoms with E-state index >= 15 is 0 Å². The Kier molecular flexibility index (Phi) is 8.47. The molecule has 0 aliphatic heterocycles. The number of hydrogen-bond acceptors (Lipinski definition) is 5. The van der Waals surface area contributed by atoms with E-state index in [4.69, 9.17) is 9.47 Å². The fraction of sp³-hybridized carbons (Fsp3) is 0.571. The molecule has 1 rings (SSSR count). The average Bonchev–Trinajstić information content (AvgIpc) is 2.61. The predicted molar refractivity (Wildman–Crippen MR) is 106 cm³/mol. The summed E-state index contributed by atoms with van der Waals surface area (Å²) in [6.45, 7) is 10.6. The van der Waals surface area contributed by atoms with E-state index in [1.165, 1.54) is 11.9 Å². The Labute approximate surface area is 167 Å². The van der Waals surface area contributed by atoms with Crippen LogP contribution in [0.2, 0.25) is 0 Å². The molecule has 0 spiro atoms. The summed E-state index contributed by atoms with van der Waals surface area (Å²) in [5.74, 6) is -1.14. The van der Waals surface area contributed by atoms with Gasteiger partial charge in [0.15, 0.2) is 0 Å². The number of rotatable bonds is 7. The first-order chi connectivity index (χ1) is 12.9. The second-order valence-electron chi connectivity index (χ2n) is 8.09. The van der Waals surface area contributed by atoms with Crippen molar-refractivity contribution in [3.63, 3.8) is 0 Å². The van der Waals surface area contributed by atoms with Crippen LogP contribution in [-0.4, -0.2) is 47.6 Å². The van der Waals surface area contributed by atoms with Crippen molar-refractivity contribution >= 4 is 18.0 Å².